The molecule has 2 aromatic rings. The zero-order valence-electron chi connectivity index (χ0n) is 11.9. The molecule has 0 spiro atoms. The van der Waals surface area contributed by atoms with Gasteiger partial charge in [0.1, 0.15) is 5.69 Å². The van der Waals surface area contributed by atoms with E-state index in [1.807, 2.05) is 13.0 Å². The molecule has 5 heteroatoms. The zero-order chi connectivity index (χ0) is 15.1. The highest BCUT2D eigenvalue weighted by Gasteiger charge is 2.21. The second-order valence-corrected chi connectivity index (χ2v) is 6.64. The van der Waals surface area contributed by atoms with E-state index in [2.05, 4.69) is 59.0 Å². The maximum Gasteiger partial charge on any atom is 0.355 e. The summed E-state index contributed by atoms with van der Waals surface area (Å²) in [5, 5.41) is 15.8. The van der Waals surface area contributed by atoms with Gasteiger partial charge in [0.05, 0.1) is 4.47 Å². The van der Waals surface area contributed by atoms with Crippen LogP contribution in [0.15, 0.2) is 22.7 Å². The SMILES string of the molecule is Cc1ccc(C(C)(C)C)cc1-c1n[nH]c(C(=O)O)c1Br. The summed E-state index contributed by atoms with van der Waals surface area (Å²) in [5.41, 5.74) is 3.91. The number of carboxylic acid groups (broad SMARTS) is 1. The molecule has 0 radical (unpaired) electrons. The summed E-state index contributed by atoms with van der Waals surface area (Å²) < 4.78 is 0.485. The predicted octanol–water partition coefficient (Wildman–Crippen LogP) is 4.14. The first-order valence-corrected chi connectivity index (χ1v) is 7.09. The Hall–Kier alpha value is -1.62. The van der Waals surface area contributed by atoms with Gasteiger partial charge in [0, 0.05) is 5.56 Å². The molecule has 4 nitrogen and oxygen atoms in total. The van der Waals surface area contributed by atoms with Crippen molar-refractivity contribution in [2.24, 2.45) is 0 Å². The Morgan fingerprint density at radius 1 is 1.35 bits per heavy atom. The van der Waals surface area contributed by atoms with Gasteiger partial charge in [-0.3, -0.25) is 5.10 Å². The maximum atomic E-state index is 11.1. The molecule has 2 N–H and O–H groups in total. The minimum Gasteiger partial charge on any atom is -0.476 e. The monoisotopic (exact) mass is 336 g/mol. The van der Waals surface area contributed by atoms with Gasteiger partial charge in [-0.25, -0.2) is 4.79 Å². The highest BCUT2D eigenvalue weighted by molar-refractivity contribution is 9.10. The van der Waals surface area contributed by atoms with E-state index in [1.165, 1.54) is 5.56 Å². The van der Waals surface area contributed by atoms with Crippen molar-refractivity contribution in [1.29, 1.82) is 0 Å². The molecular formula is C15H17BrN2O2. The number of carbonyl (C=O) groups is 1. The summed E-state index contributed by atoms with van der Waals surface area (Å²) in [6.07, 6.45) is 0. The molecule has 0 fully saturated rings. The van der Waals surface area contributed by atoms with Crippen LogP contribution in [0.1, 0.15) is 42.4 Å². The molecule has 0 saturated heterocycles. The summed E-state index contributed by atoms with van der Waals surface area (Å²) >= 11 is 3.32. The molecular weight excluding hydrogens is 320 g/mol. The van der Waals surface area contributed by atoms with Crippen LogP contribution in [0, 0.1) is 6.92 Å². The number of rotatable bonds is 2. The molecule has 0 saturated carbocycles. The Balaban J connectivity index is 2.61. The van der Waals surface area contributed by atoms with Gasteiger partial charge in [-0.05, 0) is 45.5 Å². The average molecular weight is 337 g/mol. The summed E-state index contributed by atoms with van der Waals surface area (Å²) in [5.74, 6) is -1.03. The van der Waals surface area contributed by atoms with E-state index < -0.39 is 5.97 Å². The first-order valence-electron chi connectivity index (χ1n) is 6.30. The molecule has 1 heterocycles. The van der Waals surface area contributed by atoms with Crippen molar-refractivity contribution in [1.82, 2.24) is 10.2 Å². The summed E-state index contributed by atoms with van der Waals surface area (Å²) in [7, 11) is 0. The molecule has 2 rings (SSSR count). The fourth-order valence-corrected chi connectivity index (χ4v) is 2.55. The van der Waals surface area contributed by atoms with Crippen LogP contribution in [-0.2, 0) is 5.41 Å². The number of aromatic amines is 1. The lowest BCUT2D eigenvalue weighted by Crippen LogP contribution is -2.11. The van der Waals surface area contributed by atoms with Crippen LogP contribution in [0.5, 0.6) is 0 Å². The van der Waals surface area contributed by atoms with Crippen LogP contribution in [0.3, 0.4) is 0 Å². The second-order valence-electron chi connectivity index (χ2n) is 5.85. The number of halogens is 1. The third-order valence-electron chi connectivity index (χ3n) is 3.28. The fraction of sp³-hybridized carbons (Fsp3) is 0.333. The number of carboxylic acids is 1. The minimum absolute atomic E-state index is 0.0286. The second kappa shape index (κ2) is 5.05. The number of H-pyrrole nitrogens is 1. The molecule has 0 unspecified atom stereocenters. The molecule has 1 aromatic carbocycles. The molecule has 0 amide bonds. The Labute approximate surface area is 126 Å². The number of hydrogen-bond acceptors (Lipinski definition) is 2. The van der Waals surface area contributed by atoms with Crippen molar-refractivity contribution in [2.75, 3.05) is 0 Å². The lowest BCUT2D eigenvalue weighted by molar-refractivity contribution is 0.0689. The standard InChI is InChI=1S/C15H17BrN2O2/c1-8-5-6-9(15(2,3)4)7-10(8)12-11(16)13(14(19)20)18-17-12/h5-7H,1-4H3,(H,17,18)(H,19,20). The van der Waals surface area contributed by atoms with Gasteiger partial charge in [-0.2, -0.15) is 5.10 Å². The molecule has 0 atom stereocenters. The lowest BCUT2D eigenvalue weighted by Gasteiger charge is -2.20. The molecule has 106 valence electrons. The third-order valence-corrected chi connectivity index (χ3v) is 4.05. The van der Waals surface area contributed by atoms with Gasteiger partial charge in [0.25, 0.3) is 0 Å². The van der Waals surface area contributed by atoms with E-state index in [0.717, 1.165) is 11.1 Å². The number of aromatic carboxylic acids is 1. The van der Waals surface area contributed by atoms with Crippen LogP contribution in [0.4, 0.5) is 0 Å². The minimum atomic E-state index is -1.03. The van der Waals surface area contributed by atoms with Crippen molar-refractivity contribution in [3.8, 4) is 11.3 Å². The summed E-state index contributed by atoms with van der Waals surface area (Å²) in [6.45, 7) is 8.42. The van der Waals surface area contributed by atoms with Crippen LogP contribution < -0.4 is 0 Å². The van der Waals surface area contributed by atoms with E-state index in [9.17, 15) is 4.79 Å². The van der Waals surface area contributed by atoms with Crippen LogP contribution in [0.25, 0.3) is 11.3 Å². The lowest BCUT2D eigenvalue weighted by atomic mass is 9.85. The van der Waals surface area contributed by atoms with Gasteiger partial charge in [0.15, 0.2) is 5.69 Å². The van der Waals surface area contributed by atoms with Gasteiger partial charge in [-0.1, -0.05) is 32.9 Å². The average Bonchev–Trinajstić information content (AvgIpc) is 2.70. The Morgan fingerprint density at radius 3 is 2.50 bits per heavy atom. The van der Waals surface area contributed by atoms with Gasteiger partial charge in [0.2, 0.25) is 0 Å². The molecule has 0 aliphatic heterocycles. The third kappa shape index (κ3) is 2.63. The van der Waals surface area contributed by atoms with Crippen molar-refractivity contribution >= 4 is 21.9 Å². The van der Waals surface area contributed by atoms with Crippen LogP contribution in [0.2, 0.25) is 0 Å². The van der Waals surface area contributed by atoms with Crippen molar-refractivity contribution < 1.29 is 9.90 Å². The van der Waals surface area contributed by atoms with Crippen molar-refractivity contribution in [3.05, 3.63) is 39.5 Å². The quantitative estimate of drug-likeness (QED) is 0.865. The number of nitrogens with zero attached hydrogens (tertiary/aromatic N) is 1. The van der Waals surface area contributed by atoms with Crippen molar-refractivity contribution in [2.45, 2.75) is 33.1 Å². The van der Waals surface area contributed by atoms with E-state index in [1.54, 1.807) is 0 Å². The number of aryl methyl sites for hydroxylation is 1. The normalized spacial score (nSPS) is 11.7. The first kappa shape index (κ1) is 14.8. The van der Waals surface area contributed by atoms with E-state index >= 15 is 0 Å². The maximum absolute atomic E-state index is 11.1. The number of hydrogen-bond donors (Lipinski definition) is 2. The van der Waals surface area contributed by atoms with Crippen LogP contribution in [-0.4, -0.2) is 21.3 Å². The Kier molecular flexibility index (Phi) is 3.73. The largest absolute Gasteiger partial charge is 0.476 e. The number of benzene rings is 1. The van der Waals surface area contributed by atoms with E-state index in [0.29, 0.717) is 10.2 Å². The van der Waals surface area contributed by atoms with Gasteiger partial charge >= 0.3 is 5.97 Å². The molecule has 20 heavy (non-hydrogen) atoms. The smallest absolute Gasteiger partial charge is 0.355 e. The predicted molar refractivity (Wildman–Crippen MR) is 82.1 cm³/mol. The number of nitrogens with one attached hydrogen (secondary N) is 1. The highest BCUT2D eigenvalue weighted by atomic mass is 79.9. The summed E-state index contributed by atoms with van der Waals surface area (Å²) in [6, 6.07) is 6.21. The first-order chi connectivity index (χ1) is 9.21. The molecule has 0 aliphatic carbocycles. The van der Waals surface area contributed by atoms with Crippen LogP contribution >= 0.6 is 15.9 Å². The topological polar surface area (TPSA) is 66.0 Å². The number of aromatic nitrogens is 2. The Morgan fingerprint density at radius 2 is 2.00 bits per heavy atom. The Bertz CT molecular complexity index is 669. The zero-order valence-corrected chi connectivity index (χ0v) is 13.5. The molecule has 0 bridgehead atoms. The van der Waals surface area contributed by atoms with Crippen molar-refractivity contribution in [3.63, 3.8) is 0 Å². The molecule has 0 aliphatic rings. The van der Waals surface area contributed by atoms with Gasteiger partial charge < -0.3 is 5.11 Å². The fourth-order valence-electron chi connectivity index (χ4n) is 1.99. The van der Waals surface area contributed by atoms with E-state index in [4.69, 9.17) is 5.11 Å². The van der Waals surface area contributed by atoms with Gasteiger partial charge in [-0.15, -0.1) is 0 Å². The molecule has 1 aromatic heterocycles. The van der Waals surface area contributed by atoms with E-state index in [-0.39, 0.29) is 11.1 Å². The highest BCUT2D eigenvalue weighted by Crippen LogP contribution is 2.34. The summed E-state index contributed by atoms with van der Waals surface area (Å²) in [4.78, 5) is 11.1.